The predicted molar refractivity (Wildman–Crippen MR) is 103 cm³/mol. The van der Waals surface area contributed by atoms with E-state index in [-0.39, 0.29) is 11.9 Å². The third-order valence-corrected chi connectivity index (χ3v) is 4.16. The molecule has 0 radical (unpaired) electrons. The molecule has 0 aliphatic rings. The Morgan fingerprint density at radius 3 is 2.52 bits per heavy atom. The quantitative estimate of drug-likeness (QED) is 0.686. The first-order chi connectivity index (χ1) is 12.2. The van der Waals surface area contributed by atoms with Crippen LogP contribution in [0.2, 0.25) is 0 Å². The average molecular weight is 331 g/mol. The van der Waals surface area contributed by atoms with E-state index in [2.05, 4.69) is 17.4 Å². The van der Waals surface area contributed by atoms with Gasteiger partial charge in [0.2, 0.25) is 5.91 Å². The molecule has 0 saturated heterocycles. The maximum absolute atomic E-state index is 12.1. The summed E-state index contributed by atoms with van der Waals surface area (Å²) < 4.78 is 5.28. The lowest BCUT2D eigenvalue weighted by Gasteiger charge is -2.14. The van der Waals surface area contributed by atoms with Crippen LogP contribution in [0.25, 0.3) is 16.8 Å². The Kier molecular flexibility index (Phi) is 5.14. The van der Waals surface area contributed by atoms with E-state index < -0.39 is 0 Å². The Labute approximate surface area is 147 Å². The van der Waals surface area contributed by atoms with Crippen LogP contribution in [0.15, 0.2) is 72.8 Å². The van der Waals surface area contributed by atoms with E-state index in [9.17, 15) is 4.79 Å². The summed E-state index contributed by atoms with van der Waals surface area (Å²) in [4.78, 5) is 12.1. The molecular weight excluding hydrogens is 310 g/mol. The van der Waals surface area contributed by atoms with Crippen LogP contribution in [0.1, 0.15) is 24.1 Å². The zero-order valence-corrected chi connectivity index (χ0v) is 14.4. The summed E-state index contributed by atoms with van der Waals surface area (Å²) in [5.74, 6) is 0.717. The standard InChI is InChI=1S/C22H21NO2/c1-16(23-22(24)13-8-17-6-4-3-5-7-17)19-10-9-18-11-12-21(25-2)15-20(18)14-19/h3-16H,1-2H3,(H,23,24)/b13-8+. The van der Waals surface area contributed by atoms with Gasteiger partial charge in [0.15, 0.2) is 0 Å². The third-order valence-electron chi connectivity index (χ3n) is 4.16. The maximum atomic E-state index is 12.1. The molecule has 1 atom stereocenters. The molecule has 3 nitrogen and oxygen atoms in total. The van der Waals surface area contributed by atoms with Crippen molar-refractivity contribution in [2.24, 2.45) is 0 Å². The molecular formula is C22H21NO2. The lowest BCUT2D eigenvalue weighted by Crippen LogP contribution is -2.24. The summed E-state index contributed by atoms with van der Waals surface area (Å²) in [5, 5.41) is 5.24. The molecule has 126 valence electrons. The lowest BCUT2D eigenvalue weighted by atomic mass is 10.0. The largest absolute Gasteiger partial charge is 0.497 e. The first-order valence-electron chi connectivity index (χ1n) is 8.27. The highest BCUT2D eigenvalue weighted by Crippen LogP contribution is 2.24. The van der Waals surface area contributed by atoms with Crippen LogP contribution in [-0.4, -0.2) is 13.0 Å². The summed E-state index contributed by atoms with van der Waals surface area (Å²) >= 11 is 0. The summed E-state index contributed by atoms with van der Waals surface area (Å²) in [6.45, 7) is 1.98. The van der Waals surface area contributed by atoms with Gasteiger partial charge < -0.3 is 10.1 Å². The van der Waals surface area contributed by atoms with Crippen molar-refractivity contribution in [1.29, 1.82) is 0 Å². The van der Waals surface area contributed by atoms with Crippen molar-refractivity contribution in [3.05, 3.63) is 83.9 Å². The van der Waals surface area contributed by atoms with Crippen LogP contribution < -0.4 is 10.1 Å². The van der Waals surface area contributed by atoms with Gasteiger partial charge in [0.1, 0.15) is 5.75 Å². The summed E-state index contributed by atoms with van der Waals surface area (Å²) in [6.07, 6.45) is 3.38. The molecule has 0 saturated carbocycles. The van der Waals surface area contributed by atoms with Gasteiger partial charge in [-0.1, -0.05) is 48.5 Å². The SMILES string of the molecule is COc1ccc2ccc(C(C)NC(=O)/C=C/c3ccccc3)cc2c1. The van der Waals surface area contributed by atoms with Gasteiger partial charge in [0.05, 0.1) is 13.2 Å². The van der Waals surface area contributed by atoms with Crippen LogP contribution in [0.3, 0.4) is 0 Å². The summed E-state index contributed by atoms with van der Waals surface area (Å²) in [5.41, 5.74) is 2.06. The lowest BCUT2D eigenvalue weighted by molar-refractivity contribution is -0.117. The van der Waals surface area contributed by atoms with Crippen molar-refractivity contribution >= 4 is 22.8 Å². The number of amides is 1. The van der Waals surface area contributed by atoms with Gasteiger partial charge in [-0.15, -0.1) is 0 Å². The monoisotopic (exact) mass is 331 g/mol. The molecule has 0 aliphatic carbocycles. The number of benzene rings is 3. The second kappa shape index (κ2) is 7.67. The van der Waals surface area contributed by atoms with E-state index >= 15 is 0 Å². The van der Waals surface area contributed by atoms with Gasteiger partial charge in [-0.2, -0.15) is 0 Å². The molecule has 0 fully saturated rings. The van der Waals surface area contributed by atoms with Gasteiger partial charge >= 0.3 is 0 Å². The van der Waals surface area contributed by atoms with E-state index in [1.54, 1.807) is 13.2 Å². The van der Waals surface area contributed by atoms with Crippen molar-refractivity contribution in [2.75, 3.05) is 7.11 Å². The second-order valence-corrected chi connectivity index (χ2v) is 5.95. The van der Waals surface area contributed by atoms with Crippen LogP contribution in [0, 0.1) is 0 Å². The number of carbonyl (C=O) groups is 1. The molecule has 1 amide bonds. The fourth-order valence-electron chi connectivity index (χ4n) is 2.72. The summed E-state index contributed by atoms with van der Waals surface area (Å²) in [7, 11) is 1.66. The smallest absolute Gasteiger partial charge is 0.244 e. The molecule has 3 rings (SSSR count). The molecule has 0 heterocycles. The highest BCUT2D eigenvalue weighted by molar-refractivity contribution is 5.92. The minimum absolute atomic E-state index is 0.0801. The number of methoxy groups -OCH3 is 1. The van der Waals surface area contributed by atoms with Gasteiger partial charge in [0, 0.05) is 6.08 Å². The van der Waals surface area contributed by atoms with Crippen molar-refractivity contribution in [3.63, 3.8) is 0 Å². The van der Waals surface area contributed by atoms with Gasteiger partial charge in [-0.05, 0) is 53.1 Å². The zero-order chi connectivity index (χ0) is 17.6. The Morgan fingerprint density at radius 2 is 1.76 bits per heavy atom. The zero-order valence-electron chi connectivity index (χ0n) is 14.4. The van der Waals surface area contributed by atoms with Crippen molar-refractivity contribution in [3.8, 4) is 5.75 Å². The van der Waals surface area contributed by atoms with Crippen LogP contribution in [0.4, 0.5) is 0 Å². The van der Waals surface area contributed by atoms with E-state index in [4.69, 9.17) is 4.74 Å². The third kappa shape index (κ3) is 4.27. The Morgan fingerprint density at radius 1 is 1.00 bits per heavy atom. The average Bonchev–Trinajstić information content (AvgIpc) is 2.66. The molecule has 0 aromatic heterocycles. The van der Waals surface area contributed by atoms with Crippen LogP contribution in [-0.2, 0) is 4.79 Å². The van der Waals surface area contributed by atoms with E-state index in [0.717, 1.165) is 27.6 Å². The number of ether oxygens (including phenoxy) is 1. The minimum atomic E-state index is -0.109. The molecule has 1 unspecified atom stereocenters. The predicted octanol–water partition coefficient (Wildman–Crippen LogP) is 4.74. The first-order valence-corrected chi connectivity index (χ1v) is 8.27. The summed E-state index contributed by atoms with van der Waals surface area (Å²) in [6, 6.07) is 21.9. The first kappa shape index (κ1) is 16.8. The van der Waals surface area contributed by atoms with Crippen LogP contribution in [0.5, 0.6) is 5.75 Å². The van der Waals surface area contributed by atoms with Gasteiger partial charge in [0.25, 0.3) is 0 Å². The number of nitrogens with one attached hydrogen (secondary N) is 1. The van der Waals surface area contributed by atoms with Gasteiger partial charge in [-0.3, -0.25) is 4.79 Å². The minimum Gasteiger partial charge on any atom is -0.497 e. The number of hydrogen-bond acceptors (Lipinski definition) is 2. The second-order valence-electron chi connectivity index (χ2n) is 5.95. The van der Waals surface area contributed by atoms with Crippen LogP contribution >= 0.6 is 0 Å². The molecule has 25 heavy (non-hydrogen) atoms. The number of carbonyl (C=O) groups excluding carboxylic acids is 1. The molecule has 0 bridgehead atoms. The van der Waals surface area contributed by atoms with E-state index in [1.807, 2.05) is 67.6 Å². The molecule has 1 N–H and O–H groups in total. The van der Waals surface area contributed by atoms with Gasteiger partial charge in [-0.25, -0.2) is 0 Å². The van der Waals surface area contributed by atoms with Crippen molar-refractivity contribution in [2.45, 2.75) is 13.0 Å². The Hall–Kier alpha value is -3.07. The van der Waals surface area contributed by atoms with E-state index in [1.165, 1.54) is 0 Å². The molecule has 3 aromatic carbocycles. The fourth-order valence-corrected chi connectivity index (χ4v) is 2.72. The van der Waals surface area contributed by atoms with Crippen molar-refractivity contribution in [1.82, 2.24) is 5.32 Å². The number of fused-ring (bicyclic) bond motifs is 1. The Bertz CT molecular complexity index is 900. The molecule has 3 heteroatoms. The Balaban J connectivity index is 1.72. The molecule has 3 aromatic rings. The fraction of sp³-hybridized carbons (Fsp3) is 0.136. The molecule has 0 spiro atoms. The highest BCUT2D eigenvalue weighted by atomic mass is 16.5. The highest BCUT2D eigenvalue weighted by Gasteiger charge is 2.08. The molecule has 0 aliphatic heterocycles. The van der Waals surface area contributed by atoms with Crippen molar-refractivity contribution < 1.29 is 9.53 Å². The van der Waals surface area contributed by atoms with E-state index in [0.29, 0.717) is 0 Å². The number of hydrogen-bond donors (Lipinski definition) is 1. The number of rotatable bonds is 5. The normalized spacial score (nSPS) is 12.2. The maximum Gasteiger partial charge on any atom is 0.244 e. The topological polar surface area (TPSA) is 38.3 Å².